The number of aryl methyl sites for hydroxylation is 2. The van der Waals surface area contributed by atoms with E-state index in [1.807, 2.05) is 19.9 Å². The topological polar surface area (TPSA) is 87.5 Å². The zero-order valence-electron chi connectivity index (χ0n) is 12.7. The van der Waals surface area contributed by atoms with E-state index in [1.54, 1.807) is 16.6 Å². The van der Waals surface area contributed by atoms with Crippen LogP contribution in [0.5, 0.6) is 0 Å². The Bertz CT molecular complexity index is 540. The number of nitrogens with zero attached hydrogens (tertiary/aromatic N) is 3. The highest BCUT2D eigenvalue weighted by atomic mass is 16.4. The number of carbonyl (C=O) groups excluding carboxylic acids is 1. The van der Waals surface area contributed by atoms with Crippen LogP contribution in [-0.4, -0.2) is 45.4 Å². The number of amides is 1. The lowest BCUT2D eigenvalue weighted by Crippen LogP contribution is -2.47. The van der Waals surface area contributed by atoms with Gasteiger partial charge in [0, 0.05) is 19.7 Å². The summed E-state index contributed by atoms with van der Waals surface area (Å²) in [6.07, 6.45) is 1.88. The Balaban J connectivity index is 2.07. The van der Waals surface area contributed by atoms with E-state index in [0.717, 1.165) is 17.9 Å². The first-order chi connectivity index (χ1) is 9.93. The van der Waals surface area contributed by atoms with E-state index in [0.29, 0.717) is 19.4 Å². The van der Waals surface area contributed by atoms with Gasteiger partial charge in [-0.25, -0.2) is 0 Å². The van der Waals surface area contributed by atoms with E-state index in [1.165, 1.54) is 0 Å². The average molecular weight is 294 g/mol. The first-order valence-corrected chi connectivity index (χ1v) is 7.25. The van der Waals surface area contributed by atoms with Gasteiger partial charge in [-0.3, -0.25) is 24.5 Å². The molecule has 1 saturated heterocycles. The summed E-state index contributed by atoms with van der Waals surface area (Å²) < 4.78 is 1.68. The van der Waals surface area contributed by atoms with Crippen LogP contribution in [0.1, 0.15) is 31.9 Å². The van der Waals surface area contributed by atoms with Gasteiger partial charge in [0.1, 0.15) is 11.9 Å². The van der Waals surface area contributed by atoms with E-state index in [4.69, 9.17) is 0 Å². The van der Waals surface area contributed by atoms with Gasteiger partial charge in [0.15, 0.2) is 0 Å². The lowest BCUT2D eigenvalue weighted by molar-refractivity contribution is -0.140. The smallest absolute Gasteiger partial charge is 0.320 e. The third-order valence-electron chi connectivity index (χ3n) is 3.74. The summed E-state index contributed by atoms with van der Waals surface area (Å²) in [7, 11) is 1.80. The monoisotopic (exact) mass is 294 g/mol. The lowest BCUT2D eigenvalue weighted by Gasteiger charge is -2.19. The summed E-state index contributed by atoms with van der Waals surface area (Å²) in [4.78, 5) is 25.3. The number of hydrogen-bond donors (Lipinski definition) is 2. The second-order valence-corrected chi connectivity index (χ2v) is 5.44. The lowest BCUT2D eigenvalue weighted by atomic mass is 10.1. The van der Waals surface area contributed by atoms with Crippen LogP contribution in [0.4, 0.5) is 5.82 Å². The first kappa shape index (κ1) is 15.5. The van der Waals surface area contributed by atoms with Gasteiger partial charge in [-0.2, -0.15) is 5.10 Å². The molecule has 21 heavy (non-hydrogen) atoms. The highest BCUT2D eigenvalue weighted by Crippen LogP contribution is 2.22. The van der Waals surface area contributed by atoms with Crippen LogP contribution in [0.15, 0.2) is 6.07 Å². The standard InChI is InChI=1S/C14H22N4O3/c1-4-5-11(14(20)21)15-10-6-7-18(13(10)19)12-8-9(2)16-17(12)3/h8,10-11,15H,4-7H2,1-3H3,(H,20,21). The molecule has 1 aliphatic rings. The molecule has 1 aromatic heterocycles. The molecule has 0 radical (unpaired) electrons. The highest BCUT2D eigenvalue weighted by Gasteiger charge is 2.36. The van der Waals surface area contributed by atoms with Crippen molar-refractivity contribution in [2.75, 3.05) is 11.4 Å². The molecule has 1 aromatic rings. The third-order valence-corrected chi connectivity index (χ3v) is 3.74. The van der Waals surface area contributed by atoms with Crippen molar-refractivity contribution < 1.29 is 14.7 Å². The minimum atomic E-state index is -0.903. The van der Waals surface area contributed by atoms with E-state index in [-0.39, 0.29) is 5.91 Å². The Kier molecular flexibility index (Phi) is 4.62. The molecule has 0 aromatic carbocycles. The molecule has 2 N–H and O–H groups in total. The molecule has 1 fully saturated rings. The van der Waals surface area contributed by atoms with Crippen molar-refractivity contribution in [3.8, 4) is 0 Å². The minimum absolute atomic E-state index is 0.0830. The number of rotatable bonds is 6. The molecular formula is C14H22N4O3. The largest absolute Gasteiger partial charge is 0.480 e. The quantitative estimate of drug-likeness (QED) is 0.805. The van der Waals surface area contributed by atoms with E-state index < -0.39 is 18.1 Å². The summed E-state index contributed by atoms with van der Waals surface area (Å²) in [5, 5.41) is 16.4. The van der Waals surface area contributed by atoms with Gasteiger partial charge in [-0.15, -0.1) is 0 Å². The van der Waals surface area contributed by atoms with Crippen molar-refractivity contribution in [2.24, 2.45) is 7.05 Å². The highest BCUT2D eigenvalue weighted by molar-refractivity contribution is 5.99. The molecule has 2 heterocycles. The maximum atomic E-state index is 12.5. The Morgan fingerprint density at radius 3 is 2.86 bits per heavy atom. The van der Waals surface area contributed by atoms with Crippen LogP contribution >= 0.6 is 0 Å². The molecule has 7 nitrogen and oxygen atoms in total. The zero-order valence-corrected chi connectivity index (χ0v) is 12.7. The molecule has 7 heteroatoms. The second-order valence-electron chi connectivity index (χ2n) is 5.44. The summed E-state index contributed by atoms with van der Waals surface area (Å²) in [5.74, 6) is -0.232. The Hall–Kier alpha value is -1.89. The van der Waals surface area contributed by atoms with Gasteiger partial charge in [0.2, 0.25) is 5.91 Å². The third kappa shape index (κ3) is 3.24. The molecule has 116 valence electrons. The van der Waals surface area contributed by atoms with Crippen molar-refractivity contribution in [2.45, 2.75) is 45.2 Å². The van der Waals surface area contributed by atoms with Crippen LogP contribution in [0.25, 0.3) is 0 Å². The van der Waals surface area contributed by atoms with Crippen molar-refractivity contribution >= 4 is 17.7 Å². The molecule has 1 amide bonds. The van der Waals surface area contributed by atoms with Gasteiger partial charge in [-0.05, 0) is 19.8 Å². The second kappa shape index (κ2) is 6.26. The number of anilines is 1. The fourth-order valence-corrected chi connectivity index (χ4v) is 2.72. The van der Waals surface area contributed by atoms with Crippen LogP contribution in [0.3, 0.4) is 0 Å². The number of carboxylic acids is 1. The number of carbonyl (C=O) groups is 2. The predicted molar refractivity (Wildman–Crippen MR) is 78.2 cm³/mol. The van der Waals surface area contributed by atoms with Crippen molar-refractivity contribution in [3.05, 3.63) is 11.8 Å². The van der Waals surface area contributed by atoms with Gasteiger partial charge in [-0.1, -0.05) is 13.3 Å². The Morgan fingerprint density at radius 1 is 1.62 bits per heavy atom. The number of hydrogen-bond acceptors (Lipinski definition) is 4. The summed E-state index contributed by atoms with van der Waals surface area (Å²) in [5.41, 5.74) is 0.853. The average Bonchev–Trinajstić information content (AvgIpc) is 2.92. The Morgan fingerprint density at radius 2 is 2.33 bits per heavy atom. The van der Waals surface area contributed by atoms with Gasteiger partial charge < -0.3 is 5.11 Å². The zero-order chi connectivity index (χ0) is 15.6. The fraction of sp³-hybridized carbons (Fsp3) is 0.643. The van der Waals surface area contributed by atoms with Gasteiger partial charge >= 0.3 is 5.97 Å². The molecule has 2 rings (SSSR count). The normalized spacial score (nSPS) is 20.0. The SMILES string of the molecule is CCCC(NC1CCN(c2cc(C)nn2C)C1=O)C(=O)O. The molecule has 1 aliphatic heterocycles. The van der Waals surface area contributed by atoms with Crippen LogP contribution < -0.4 is 10.2 Å². The predicted octanol–water partition coefficient (Wildman–Crippen LogP) is 0.677. The molecule has 0 aliphatic carbocycles. The fourth-order valence-electron chi connectivity index (χ4n) is 2.72. The van der Waals surface area contributed by atoms with Gasteiger partial charge in [0.25, 0.3) is 0 Å². The number of aliphatic carboxylic acids is 1. The molecular weight excluding hydrogens is 272 g/mol. The number of aromatic nitrogens is 2. The van der Waals surface area contributed by atoms with E-state index in [2.05, 4.69) is 10.4 Å². The molecule has 0 bridgehead atoms. The van der Waals surface area contributed by atoms with Gasteiger partial charge in [0.05, 0.1) is 11.7 Å². The van der Waals surface area contributed by atoms with Crippen molar-refractivity contribution in [3.63, 3.8) is 0 Å². The molecule has 0 saturated carbocycles. The maximum Gasteiger partial charge on any atom is 0.320 e. The molecule has 2 atom stereocenters. The first-order valence-electron chi connectivity index (χ1n) is 7.25. The number of nitrogens with one attached hydrogen (secondary N) is 1. The van der Waals surface area contributed by atoms with Crippen molar-refractivity contribution in [1.29, 1.82) is 0 Å². The Labute approximate surface area is 123 Å². The summed E-state index contributed by atoms with van der Waals surface area (Å²) >= 11 is 0. The van der Waals surface area contributed by atoms with Crippen LogP contribution in [0, 0.1) is 6.92 Å². The van der Waals surface area contributed by atoms with E-state index >= 15 is 0 Å². The van der Waals surface area contributed by atoms with Crippen LogP contribution in [-0.2, 0) is 16.6 Å². The minimum Gasteiger partial charge on any atom is -0.480 e. The van der Waals surface area contributed by atoms with E-state index in [9.17, 15) is 14.7 Å². The number of carboxylic acid groups (broad SMARTS) is 1. The summed E-state index contributed by atoms with van der Waals surface area (Å²) in [6, 6.07) is 0.756. The maximum absolute atomic E-state index is 12.5. The molecule has 2 unspecified atom stereocenters. The summed E-state index contributed by atoms with van der Waals surface area (Å²) in [6.45, 7) is 4.38. The van der Waals surface area contributed by atoms with Crippen LogP contribution in [0.2, 0.25) is 0 Å². The van der Waals surface area contributed by atoms with Crippen molar-refractivity contribution in [1.82, 2.24) is 15.1 Å². The molecule has 0 spiro atoms.